The number of para-hydroxylation sites is 1. The average molecular weight is 291 g/mol. The summed E-state index contributed by atoms with van der Waals surface area (Å²) in [6, 6.07) is 7.88. The topological polar surface area (TPSA) is 81.6 Å². The summed E-state index contributed by atoms with van der Waals surface area (Å²) in [6.07, 6.45) is 2.73. The van der Waals surface area contributed by atoms with Gasteiger partial charge in [0.25, 0.3) is 0 Å². The summed E-state index contributed by atoms with van der Waals surface area (Å²) in [4.78, 5) is 13.5. The molecule has 0 atom stereocenters. The van der Waals surface area contributed by atoms with E-state index in [0.29, 0.717) is 13.2 Å². The summed E-state index contributed by atoms with van der Waals surface area (Å²) in [5, 5.41) is 0. The number of likely N-dealkylation sites (tertiary alicyclic amines) is 1. The molecule has 4 N–H and O–H groups in total. The maximum absolute atomic E-state index is 11.1. The minimum Gasteiger partial charge on any atom is -0.493 e. The lowest BCUT2D eigenvalue weighted by Crippen LogP contribution is -2.39. The van der Waals surface area contributed by atoms with E-state index in [9.17, 15) is 4.79 Å². The van der Waals surface area contributed by atoms with Gasteiger partial charge in [0.05, 0.1) is 6.61 Å². The maximum Gasteiger partial charge on any atom is 0.220 e. The van der Waals surface area contributed by atoms with Crippen molar-refractivity contribution in [3.05, 3.63) is 29.8 Å². The van der Waals surface area contributed by atoms with E-state index in [-0.39, 0.29) is 11.8 Å². The Morgan fingerprint density at radius 3 is 2.67 bits per heavy atom. The van der Waals surface area contributed by atoms with Crippen LogP contribution in [0.25, 0.3) is 0 Å². The Hall–Kier alpha value is -1.59. The van der Waals surface area contributed by atoms with Gasteiger partial charge >= 0.3 is 0 Å². The van der Waals surface area contributed by atoms with Crippen LogP contribution in [0.2, 0.25) is 0 Å². The van der Waals surface area contributed by atoms with Gasteiger partial charge in [-0.3, -0.25) is 4.79 Å². The molecule has 116 valence electrons. The molecule has 1 amide bonds. The molecule has 0 saturated carbocycles. The third kappa shape index (κ3) is 4.72. The molecule has 1 heterocycles. The van der Waals surface area contributed by atoms with E-state index in [2.05, 4.69) is 4.90 Å². The Morgan fingerprint density at radius 1 is 1.29 bits per heavy atom. The SMILES string of the molecule is NCc1ccccc1OCCCN1CCC(C(N)=O)CC1. The molecule has 0 radical (unpaired) electrons. The Kier molecular flexibility index (Phi) is 6.02. The van der Waals surface area contributed by atoms with Gasteiger partial charge < -0.3 is 21.1 Å². The lowest BCUT2D eigenvalue weighted by molar-refractivity contribution is -0.123. The monoisotopic (exact) mass is 291 g/mol. The second-order valence-corrected chi connectivity index (χ2v) is 5.53. The highest BCUT2D eigenvalue weighted by atomic mass is 16.5. The van der Waals surface area contributed by atoms with Gasteiger partial charge in [0.15, 0.2) is 0 Å². The van der Waals surface area contributed by atoms with Gasteiger partial charge in [0.2, 0.25) is 5.91 Å². The Balaban J connectivity index is 1.65. The zero-order chi connectivity index (χ0) is 15.1. The van der Waals surface area contributed by atoms with Crippen molar-refractivity contribution in [1.29, 1.82) is 0 Å². The number of carbonyl (C=O) groups excluding carboxylic acids is 1. The minimum atomic E-state index is -0.156. The van der Waals surface area contributed by atoms with Crippen molar-refractivity contribution < 1.29 is 9.53 Å². The quantitative estimate of drug-likeness (QED) is 0.737. The third-order valence-corrected chi connectivity index (χ3v) is 4.06. The van der Waals surface area contributed by atoms with Crippen molar-refractivity contribution in [2.45, 2.75) is 25.8 Å². The minimum absolute atomic E-state index is 0.0638. The van der Waals surface area contributed by atoms with Gasteiger partial charge in [0, 0.05) is 24.6 Å². The van der Waals surface area contributed by atoms with Gasteiger partial charge in [-0.1, -0.05) is 18.2 Å². The summed E-state index contributed by atoms with van der Waals surface area (Å²) < 4.78 is 5.80. The number of benzene rings is 1. The zero-order valence-electron chi connectivity index (χ0n) is 12.5. The summed E-state index contributed by atoms with van der Waals surface area (Å²) in [7, 11) is 0. The van der Waals surface area contributed by atoms with Crippen LogP contribution in [-0.4, -0.2) is 37.0 Å². The van der Waals surface area contributed by atoms with E-state index in [1.807, 2.05) is 24.3 Å². The lowest BCUT2D eigenvalue weighted by Gasteiger charge is -2.30. The zero-order valence-corrected chi connectivity index (χ0v) is 12.5. The van der Waals surface area contributed by atoms with Gasteiger partial charge in [-0.2, -0.15) is 0 Å². The van der Waals surface area contributed by atoms with Crippen LogP contribution in [0, 0.1) is 5.92 Å². The summed E-state index contributed by atoms with van der Waals surface area (Å²) in [5.41, 5.74) is 12.1. The Morgan fingerprint density at radius 2 is 2.00 bits per heavy atom. The normalized spacial score (nSPS) is 16.8. The maximum atomic E-state index is 11.1. The van der Waals surface area contributed by atoms with Crippen LogP contribution in [0.5, 0.6) is 5.75 Å². The number of nitrogens with two attached hydrogens (primary N) is 2. The first kappa shape index (κ1) is 15.8. The molecule has 2 rings (SSSR count). The second kappa shape index (κ2) is 8.00. The molecule has 1 saturated heterocycles. The molecule has 5 nitrogen and oxygen atoms in total. The van der Waals surface area contributed by atoms with E-state index < -0.39 is 0 Å². The molecule has 5 heteroatoms. The van der Waals surface area contributed by atoms with E-state index in [1.165, 1.54) is 0 Å². The first-order chi connectivity index (χ1) is 10.2. The Bertz CT molecular complexity index is 457. The van der Waals surface area contributed by atoms with Crippen molar-refractivity contribution in [3.63, 3.8) is 0 Å². The van der Waals surface area contributed by atoms with Crippen LogP contribution in [0.1, 0.15) is 24.8 Å². The van der Waals surface area contributed by atoms with Crippen molar-refractivity contribution in [2.24, 2.45) is 17.4 Å². The molecule has 1 aromatic carbocycles. The molecule has 1 aromatic rings. The molecule has 1 aliphatic heterocycles. The number of nitrogens with zero attached hydrogens (tertiary/aromatic N) is 1. The van der Waals surface area contributed by atoms with E-state index >= 15 is 0 Å². The van der Waals surface area contributed by atoms with Crippen LogP contribution in [0.3, 0.4) is 0 Å². The number of hydrogen-bond donors (Lipinski definition) is 2. The second-order valence-electron chi connectivity index (χ2n) is 5.53. The van der Waals surface area contributed by atoms with Crippen LogP contribution >= 0.6 is 0 Å². The molecule has 1 fully saturated rings. The fourth-order valence-corrected chi connectivity index (χ4v) is 2.72. The molecule has 0 aliphatic carbocycles. The largest absolute Gasteiger partial charge is 0.493 e. The third-order valence-electron chi connectivity index (χ3n) is 4.06. The van der Waals surface area contributed by atoms with Crippen LogP contribution in [-0.2, 0) is 11.3 Å². The standard InChI is InChI=1S/C16H25N3O2/c17-12-14-4-1-2-5-15(14)21-11-3-8-19-9-6-13(7-10-19)16(18)20/h1-2,4-5,13H,3,6-12,17H2,(H2,18,20). The molecule has 0 unspecified atom stereocenters. The molecule has 1 aliphatic rings. The van der Waals surface area contributed by atoms with Crippen LogP contribution < -0.4 is 16.2 Å². The fraction of sp³-hybridized carbons (Fsp3) is 0.562. The van der Waals surface area contributed by atoms with Crippen molar-refractivity contribution in [2.75, 3.05) is 26.2 Å². The molecular formula is C16H25N3O2. The van der Waals surface area contributed by atoms with Gasteiger partial charge in [-0.25, -0.2) is 0 Å². The molecule has 0 aromatic heterocycles. The highest BCUT2D eigenvalue weighted by molar-refractivity contribution is 5.76. The molecule has 21 heavy (non-hydrogen) atoms. The van der Waals surface area contributed by atoms with Crippen LogP contribution in [0.4, 0.5) is 0 Å². The number of rotatable bonds is 7. The first-order valence-electron chi connectivity index (χ1n) is 7.63. The fourth-order valence-electron chi connectivity index (χ4n) is 2.72. The van der Waals surface area contributed by atoms with Crippen LogP contribution in [0.15, 0.2) is 24.3 Å². The average Bonchev–Trinajstić information content (AvgIpc) is 2.52. The molecule has 0 bridgehead atoms. The predicted molar refractivity (Wildman–Crippen MR) is 82.8 cm³/mol. The molecule has 0 spiro atoms. The highest BCUT2D eigenvalue weighted by Gasteiger charge is 2.22. The van der Waals surface area contributed by atoms with E-state index in [0.717, 1.165) is 50.2 Å². The van der Waals surface area contributed by atoms with Gasteiger partial charge in [0.1, 0.15) is 5.75 Å². The summed E-state index contributed by atoms with van der Waals surface area (Å²) >= 11 is 0. The first-order valence-corrected chi connectivity index (χ1v) is 7.63. The van der Waals surface area contributed by atoms with E-state index in [1.54, 1.807) is 0 Å². The number of carbonyl (C=O) groups is 1. The smallest absolute Gasteiger partial charge is 0.220 e. The lowest BCUT2D eigenvalue weighted by atomic mass is 9.96. The highest BCUT2D eigenvalue weighted by Crippen LogP contribution is 2.18. The predicted octanol–water partition coefficient (Wildman–Crippen LogP) is 1.11. The van der Waals surface area contributed by atoms with E-state index in [4.69, 9.17) is 16.2 Å². The number of piperidine rings is 1. The van der Waals surface area contributed by atoms with Crippen molar-refractivity contribution >= 4 is 5.91 Å². The van der Waals surface area contributed by atoms with Gasteiger partial charge in [-0.05, 0) is 38.4 Å². The summed E-state index contributed by atoms with van der Waals surface area (Å²) in [6.45, 7) is 4.08. The number of primary amides is 1. The number of hydrogen-bond acceptors (Lipinski definition) is 4. The Labute approximate surface area is 126 Å². The summed E-state index contributed by atoms with van der Waals surface area (Å²) in [5.74, 6) is 0.790. The number of ether oxygens (including phenoxy) is 1. The van der Waals surface area contributed by atoms with Crippen molar-refractivity contribution in [3.8, 4) is 5.75 Å². The van der Waals surface area contributed by atoms with Crippen molar-refractivity contribution in [1.82, 2.24) is 4.90 Å². The van der Waals surface area contributed by atoms with Gasteiger partial charge in [-0.15, -0.1) is 0 Å². The number of amides is 1. The molecular weight excluding hydrogens is 266 g/mol.